The van der Waals surface area contributed by atoms with E-state index in [1.54, 1.807) is 0 Å². The van der Waals surface area contributed by atoms with E-state index in [2.05, 4.69) is 36.3 Å². The van der Waals surface area contributed by atoms with Crippen LogP contribution in [-0.2, 0) is 6.42 Å². The van der Waals surface area contributed by atoms with Crippen LogP contribution in [0.5, 0.6) is 0 Å². The van der Waals surface area contributed by atoms with Gasteiger partial charge in [0.05, 0.1) is 0 Å². The van der Waals surface area contributed by atoms with E-state index in [0.29, 0.717) is 0 Å². The van der Waals surface area contributed by atoms with Gasteiger partial charge in [-0.05, 0) is 43.4 Å². The summed E-state index contributed by atoms with van der Waals surface area (Å²) in [6.07, 6.45) is 12.1. The second kappa shape index (κ2) is 5.17. The molecular formula is C17H23N. The highest BCUT2D eigenvalue weighted by atomic mass is 14.7. The molecule has 1 aromatic carbocycles. The van der Waals surface area contributed by atoms with Crippen LogP contribution >= 0.6 is 0 Å². The van der Waals surface area contributed by atoms with Gasteiger partial charge in [-0.15, -0.1) is 0 Å². The molecular weight excluding hydrogens is 218 g/mol. The van der Waals surface area contributed by atoms with Crippen molar-refractivity contribution in [1.29, 1.82) is 0 Å². The Morgan fingerprint density at radius 2 is 2.00 bits per heavy atom. The first kappa shape index (κ1) is 11.8. The van der Waals surface area contributed by atoms with E-state index in [4.69, 9.17) is 0 Å². The van der Waals surface area contributed by atoms with E-state index in [0.717, 1.165) is 5.92 Å². The number of hydrogen-bond acceptors (Lipinski definition) is 0. The van der Waals surface area contributed by atoms with E-state index in [1.165, 1.54) is 67.0 Å². The highest BCUT2D eigenvalue weighted by Gasteiger charge is 2.14. The summed E-state index contributed by atoms with van der Waals surface area (Å²) in [6, 6.07) is 6.71. The van der Waals surface area contributed by atoms with Crippen LogP contribution in [0.4, 0.5) is 0 Å². The van der Waals surface area contributed by atoms with E-state index in [1.807, 2.05) is 0 Å². The molecule has 1 nitrogen and oxygen atoms in total. The first-order valence-corrected chi connectivity index (χ1v) is 7.39. The Bertz CT molecular complexity index is 517. The van der Waals surface area contributed by atoms with E-state index >= 15 is 0 Å². The van der Waals surface area contributed by atoms with Crippen LogP contribution in [0.2, 0.25) is 0 Å². The molecule has 0 atom stereocenters. The minimum absolute atomic E-state index is 0.980. The Balaban J connectivity index is 1.72. The van der Waals surface area contributed by atoms with E-state index in [-0.39, 0.29) is 0 Å². The first-order valence-electron chi connectivity index (χ1n) is 7.39. The number of rotatable bonds is 3. The molecule has 0 radical (unpaired) electrons. The van der Waals surface area contributed by atoms with Crippen LogP contribution in [0.15, 0.2) is 24.4 Å². The van der Waals surface area contributed by atoms with Crippen LogP contribution in [-0.4, -0.2) is 4.98 Å². The van der Waals surface area contributed by atoms with Gasteiger partial charge in [0.15, 0.2) is 0 Å². The number of fused-ring (bicyclic) bond motifs is 1. The SMILES string of the molecule is Cc1ccc2[nH]cc(CCC3CCCCC3)c2c1. The largest absolute Gasteiger partial charge is 0.361 e. The maximum absolute atomic E-state index is 3.40. The second-order valence-electron chi connectivity index (χ2n) is 5.91. The molecule has 1 aliphatic carbocycles. The molecule has 0 saturated heterocycles. The van der Waals surface area contributed by atoms with Crippen molar-refractivity contribution in [2.24, 2.45) is 5.92 Å². The van der Waals surface area contributed by atoms with Crippen LogP contribution < -0.4 is 0 Å². The molecule has 1 heterocycles. The van der Waals surface area contributed by atoms with Crippen LogP contribution in [0.3, 0.4) is 0 Å². The molecule has 1 saturated carbocycles. The van der Waals surface area contributed by atoms with Gasteiger partial charge >= 0.3 is 0 Å². The zero-order chi connectivity index (χ0) is 12.4. The summed E-state index contributed by atoms with van der Waals surface area (Å²) in [6.45, 7) is 2.18. The van der Waals surface area contributed by atoms with Crippen molar-refractivity contribution in [3.63, 3.8) is 0 Å². The first-order chi connectivity index (χ1) is 8.83. The topological polar surface area (TPSA) is 15.8 Å². The molecule has 0 bridgehead atoms. The Labute approximate surface area is 110 Å². The van der Waals surface area contributed by atoms with Crippen molar-refractivity contribution in [1.82, 2.24) is 4.98 Å². The fraction of sp³-hybridized carbons (Fsp3) is 0.529. The van der Waals surface area contributed by atoms with Crippen molar-refractivity contribution in [3.05, 3.63) is 35.5 Å². The third-order valence-electron chi connectivity index (χ3n) is 4.47. The predicted octanol–water partition coefficient (Wildman–Crippen LogP) is 4.99. The molecule has 0 amide bonds. The average molecular weight is 241 g/mol. The summed E-state index contributed by atoms with van der Waals surface area (Å²) in [7, 11) is 0. The number of H-pyrrole nitrogens is 1. The molecule has 3 rings (SSSR count). The summed E-state index contributed by atoms with van der Waals surface area (Å²) < 4.78 is 0. The van der Waals surface area contributed by atoms with Gasteiger partial charge in [0.2, 0.25) is 0 Å². The number of aromatic amines is 1. The predicted molar refractivity (Wildman–Crippen MR) is 77.9 cm³/mol. The molecule has 0 unspecified atom stereocenters. The van der Waals surface area contributed by atoms with Gasteiger partial charge in [-0.1, -0.05) is 43.7 Å². The van der Waals surface area contributed by atoms with E-state index in [9.17, 15) is 0 Å². The highest BCUT2D eigenvalue weighted by molar-refractivity contribution is 5.83. The molecule has 0 spiro atoms. The molecule has 2 aromatic rings. The molecule has 1 fully saturated rings. The quantitative estimate of drug-likeness (QED) is 0.779. The van der Waals surface area contributed by atoms with Gasteiger partial charge in [-0.2, -0.15) is 0 Å². The molecule has 1 aliphatic rings. The summed E-state index contributed by atoms with van der Waals surface area (Å²) >= 11 is 0. The minimum Gasteiger partial charge on any atom is -0.361 e. The summed E-state index contributed by atoms with van der Waals surface area (Å²) in [5.41, 5.74) is 4.17. The third-order valence-corrected chi connectivity index (χ3v) is 4.47. The molecule has 96 valence electrons. The van der Waals surface area contributed by atoms with Crippen molar-refractivity contribution in [2.75, 3.05) is 0 Å². The number of nitrogens with one attached hydrogen (secondary N) is 1. The van der Waals surface area contributed by atoms with Crippen molar-refractivity contribution >= 4 is 10.9 Å². The molecule has 0 aliphatic heterocycles. The van der Waals surface area contributed by atoms with Crippen molar-refractivity contribution in [3.8, 4) is 0 Å². The van der Waals surface area contributed by atoms with Gasteiger partial charge in [-0.3, -0.25) is 0 Å². The normalized spacial score (nSPS) is 17.4. The van der Waals surface area contributed by atoms with Crippen LogP contribution in [0.25, 0.3) is 10.9 Å². The van der Waals surface area contributed by atoms with E-state index < -0.39 is 0 Å². The molecule has 1 N–H and O–H groups in total. The fourth-order valence-electron chi connectivity index (χ4n) is 3.33. The van der Waals surface area contributed by atoms with Crippen molar-refractivity contribution < 1.29 is 0 Å². The van der Waals surface area contributed by atoms with Gasteiger partial charge in [0.1, 0.15) is 0 Å². The lowest BCUT2D eigenvalue weighted by atomic mass is 9.85. The maximum Gasteiger partial charge on any atom is 0.0456 e. The Morgan fingerprint density at radius 3 is 2.83 bits per heavy atom. The summed E-state index contributed by atoms with van der Waals surface area (Å²) in [5, 5.41) is 1.44. The average Bonchev–Trinajstić information content (AvgIpc) is 2.80. The number of hydrogen-bond donors (Lipinski definition) is 1. The fourth-order valence-corrected chi connectivity index (χ4v) is 3.33. The zero-order valence-corrected chi connectivity index (χ0v) is 11.3. The minimum atomic E-state index is 0.980. The van der Waals surface area contributed by atoms with Gasteiger partial charge in [0.25, 0.3) is 0 Å². The van der Waals surface area contributed by atoms with Gasteiger partial charge < -0.3 is 4.98 Å². The Kier molecular flexibility index (Phi) is 3.40. The summed E-state index contributed by atoms with van der Waals surface area (Å²) in [5.74, 6) is 0.980. The maximum atomic E-state index is 3.40. The van der Waals surface area contributed by atoms with Crippen molar-refractivity contribution in [2.45, 2.75) is 51.9 Å². The molecule has 1 heteroatoms. The second-order valence-corrected chi connectivity index (χ2v) is 5.91. The lowest BCUT2D eigenvalue weighted by Crippen LogP contribution is -2.07. The number of aryl methyl sites for hydroxylation is 2. The standard InChI is InChI=1S/C17H23N/c1-13-7-10-17-16(11-13)15(12-18-17)9-8-14-5-3-2-4-6-14/h7,10-12,14,18H,2-6,8-9H2,1H3. The lowest BCUT2D eigenvalue weighted by Gasteiger charge is -2.21. The lowest BCUT2D eigenvalue weighted by molar-refractivity contribution is 0.339. The van der Waals surface area contributed by atoms with Gasteiger partial charge in [0, 0.05) is 17.1 Å². The zero-order valence-electron chi connectivity index (χ0n) is 11.3. The summed E-state index contributed by atoms with van der Waals surface area (Å²) in [4.78, 5) is 3.40. The molecule has 1 aromatic heterocycles. The Hall–Kier alpha value is -1.24. The smallest absolute Gasteiger partial charge is 0.0456 e. The van der Waals surface area contributed by atoms with Crippen LogP contribution in [0.1, 0.15) is 49.7 Å². The Morgan fingerprint density at radius 1 is 1.17 bits per heavy atom. The van der Waals surface area contributed by atoms with Gasteiger partial charge in [-0.25, -0.2) is 0 Å². The van der Waals surface area contributed by atoms with Crippen LogP contribution in [0, 0.1) is 12.8 Å². The highest BCUT2D eigenvalue weighted by Crippen LogP contribution is 2.29. The molecule has 18 heavy (non-hydrogen) atoms. The monoisotopic (exact) mass is 241 g/mol. The number of aromatic nitrogens is 1. The number of benzene rings is 1. The third kappa shape index (κ3) is 2.45.